The zero-order valence-electron chi connectivity index (χ0n) is 10.1. The molecule has 0 saturated carbocycles. The molecule has 3 heteroatoms. The van der Waals surface area contributed by atoms with Crippen LogP contribution in [-0.2, 0) is 14.6 Å². The summed E-state index contributed by atoms with van der Waals surface area (Å²) in [7, 11) is 0. The first-order chi connectivity index (χ1) is 6.18. The van der Waals surface area contributed by atoms with Crippen LogP contribution in [-0.4, -0.2) is 11.6 Å². The third kappa shape index (κ3) is 5.97. The highest BCUT2D eigenvalue weighted by Gasteiger charge is 2.30. The van der Waals surface area contributed by atoms with E-state index in [0.717, 1.165) is 12.8 Å². The molecule has 14 heavy (non-hydrogen) atoms. The SMILES string of the molecule is CCC(C)(C)CC(C)(C)OOC(C)=O. The van der Waals surface area contributed by atoms with Crippen LogP contribution < -0.4 is 0 Å². The van der Waals surface area contributed by atoms with E-state index in [-0.39, 0.29) is 5.41 Å². The smallest absolute Gasteiger partial charge is 0.298 e. The molecule has 0 rings (SSSR count). The van der Waals surface area contributed by atoms with Crippen molar-refractivity contribution in [1.29, 1.82) is 0 Å². The molecule has 0 heterocycles. The Morgan fingerprint density at radius 3 is 2.07 bits per heavy atom. The quantitative estimate of drug-likeness (QED) is 0.507. The van der Waals surface area contributed by atoms with Gasteiger partial charge in [0, 0.05) is 6.92 Å². The summed E-state index contributed by atoms with van der Waals surface area (Å²) < 4.78 is 0. The van der Waals surface area contributed by atoms with Crippen LogP contribution in [0.5, 0.6) is 0 Å². The van der Waals surface area contributed by atoms with E-state index >= 15 is 0 Å². The molecule has 0 aromatic heterocycles. The van der Waals surface area contributed by atoms with E-state index in [2.05, 4.69) is 25.7 Å². The van der Waals surface area contributed by atoms with Gasteiger partial charge in [0.1, 0.15) is 5.60 Å². The Balaban J connectivity index is 4.12. The number of hydrogen-bond donors (Lipinski definition) is 0. The van der Waals surface area contributed by atoms with E-state index in [1.54, 1.807) is 0 Å². The van der Waals surface area contributed by atoms with E-state index in [4.69, 9.17) is 4.89 Å². The fourth-order valence-corrected chi connectivity index (χ4v) is 1.48. The van der Waals surface area contributed by atoms with Gasteiger partial charge < -0.3 is 0 Å². The molecule has 84 valence electrons. The summed E-state index contributed by atoms with van der Waals surface area (Å²) in [6, 6.07) is 0. The van der Waals surface area contributed by atoms with Crippen molar-refractivity contribution in [2.75, 3.05) is 0 Å². The monoisotopic (exact) mass is 202 g/mol. The molecular weight excluding hydrogens is 180 g/mol. The number of hydrogen-bond acceptors (Lipinski definition) is 3. The Kier molecular flexibility index (Phi) is 4.59. The van der Waals surface area contributed by atoms with Crippen molar-refractivity contribution in [2.45, 2.75) is 60.0 Å². The molecule has 0 radical (unpaired) electrons. The topological polar surface area (TPSA) is 35.5 Å². The molecule has 0 unspecified atom stereocenters. The Labute approximate surface area is 86.7 Å². The zero-order valence-corrected chi connectivity index (χ0v) is 10.1. The summed E-state index contributed by atoms with van der Waals surface area (Å²) in [5.74, 6) is -0.410. The van der Waals surface area contributed by atoms with Gasteiger partial charge in [-0.1, -0.05) is 27.2 Å². The minimum absolute atomic E-state index is 0.198. The highest BCUT2D eigenvalue weighted by molar-refractivity contribution is 5.65. The second-order valence-corrected chi connectivity index (χ2v) is 5.11. The van der Waals surface area contributed by atoms with E-state index in [9.17, 15) is 4.79 Å². The lowest BCUT2D eigenvalue weighted by molar-refractivity contribution is -0.328. The van der Waals surface area contributed by atoms with E-state index < -0.39 is 11.6 Å². The van der Waals surface area contributed by atoms with Crippen molar-refractivity contribution in [3.05, 3.63) is 0 Å². The summed E-state index contributed by atoms with van der Waals surface area (Å²) in [4.78, 5) is 20.2. The fourth-order valence-electron chi connectivity index (χ4n) is 1.48. The van der Waals surface area contributed by atoms with E-state index in [1.807, 2.05) is 13.8 Å². The minimum atomic E-state index is -0.425. The van der Waals surface area contributed by atoms with Crippen LogP contribution in [0.2, 0.25) is 0 Å². The summed E-state index contributed by atoms with van der Waals surface area (Å²) in [5.41, 5.74) is -0.227. The van der Waals surface area contributed by atoms with Gasteiger partial charge in [-0.15, -0.1) is 0 Å². The number of rotatable bonds is 5. The molecule has 0 spiro atoms. The second-order valence-electron chi connectivity index (χ2n) is 5.11. The normalized spacial score (nSPS) is 12.7. The van der Waals surface area contributed by atoms with Crippen molar-refractivity contribution >= 4 is 5.97 Å². The lowest BCUT2D eigenvalue weighted by Crippen LogP contribution is -2.32. The maximum absolute atomic E-state index is 10.6. The Morgan fingerprint density at radius 2 is 1.71 bits per heavy atom. The summed E-state index contributed by atoms with van der Waals surface area (Å²) >= 11 is 0. The average Bonchev–Trinajstić information content (AvgIpc) is 1.99. The average molecular weight is 202 g/mol. The molecule has 0 aliphatic carbocycles. The lowest BCUT2D eigenvalue weighted by Gasteiger charge is -2.32. The molecule has 0 fully saturated rings. The van der Waals surface area contributed by atoms with Crippen LogP contribution in [0.25, 0.3) is 0 Å². The van der Waals surface area contributed by atoms with Gasteiger partial charge in [-0.3, -0.25) is 4.89 Å². The molecule has 0 bridgehead atoms. The Bertz CT molecular complexity index is 195. The van der Waals surface area contributed by atoms with Crippen LogP contribution in [0.15, 0.2) is 0 Å². The van der Waals surface area contributed by atoms with Gasteiger partial charge in [0.2, 0.25) is 0 Å². The maximum atomic E-state index is 10.6. The van der Waals surface area contributed by atoms with Crippen LogP contribution in [0.1, 0.15) is 54.4 Å². The highest BCUT2D eigenvalue weighted by atomic mass is 17.2. The molecule has 0 aliphatic rings. The molecular formula is C11H22O3. The van der Waals surface area contributed by atoms with E-state index in [0.29, 0.717) is 0 Å². The predicted octanol–water partition coefficient (Wildman–Crippen LogP) is 3.09. The standard InChI is InChI=1S/C11H22O3/c1-7-10(3,4)8-11(5,6)14-13-9(2)12/h7-8H2,1-6H3. The molecule has 0 saturated heterocycles. The molecule has 0 atom stereocenters. The van der Waals surface area contributed by atoms with Gasteiger partial charge >= 0.3 is 5.97 Å². The molecule has 3 nitrogen and oxygen atoms in total. The lowest BCUT2D eigenvalue weighted by atomic mass is 9.80. The van der Waals surface area contributed by atoms with Crippen LogP contribution in [0.3, 0.4) is 0 Å². The Morgan fingerprint density at radius 1 is 1.21 bits per heavy atom. The van der Waals surface area contributed by atoms with Crippen LogP contribution in [0, 0.1) is 5.41 Å². The van der Waals surface area contributed by atoms with Gasteiger partial charge in [0.25, 0.3) is 0 Å². The maximum Gasteiger partial charge on any atom is 0.339 e. The summed E-state index contributed by atoms with van der Waals surface area (Å²) in [6.07, 6.45) is 1.92. The van der Waals surface area contributed by atoms with Crippen LogP contribution >= 0.6 is 0 Å². The third-order valence-electron chi connectivity index (χ3n) is 2.25. The largest absolute Gasteiger partial charge is 0.339 e. The van der Waals surface area contributed by atoms with Gasteiger partial charge in [-0.05, 0) is 25.7 Å². The molecule has 0 aliphatic heterocycles. The predicted molar refractivity (Wildman–Crippen MR) is 55.6 cm³/mol. The summed E-state index contributed by atoms with van der Waals surface area (Å²) in [6.45, 7) is 11.7. The second kappa shape index (κ2) is 4.78. The van der Waals surface area contributed by atoms with E-state index in [1.165, 1.54) is 6.92 Å². The first-order valence-corrected chi connectivity index (χ1v) is 5.05. The van der Waals surface area contributed by atoms with Crippen molar-refractivity contribution in [3.63, 3.8) is 0 Å². The number of carbonyl (C=O) groups excluding carboxylic acids is 1. The van der Waals surface area contributed by atoms with Crippen molar-refractivity contribution < 1.29 is 14.6 Å². The molecule has 0 aromatic rings. The van der Waals surface area contributed by atoms with Gasteiger partial charge in [0.15, 0.2) is 0 Å². The Hall–Kier alpha value is -0.570. The van der Waals surface area contributed by atoms with Gasteiger partial charge in [0.05, 0.1) is 0 Å². The minimum Gasteiger partial charge on any atom is -0.298 e. The fraction of sp³-hybridized carbons (Fsp3) is 0.909. The molecule has 0 N–H and O–H groups in total. The van der Waals surface area contributed by atoms with Crippen molar-refractivity contribution in [1.82, 2.24) is 0 Å². The first-order valence-electron chi connectivity index (χ1n) is 5.05. The van der Waals surface area contributed by atoms with Crippen molar-refractivity contribution in [2.24, 2.45) is 5.41 Å². The number of carbonyl (C=O) groups is 1. The summed E-state index contributed by atoms with van der Waals surface area (Å²) in [5, 5.41) is 0. The first kappa shape index (κ1) is 13.4. The van der Waals surface area contributed by atoms with Gasteiger partial charge in [-0.2, -0.15) is 4.89 Å². The molecule has 0 aromatic carbocycles. The highest BCUT2D eigenvalue weighted by Crippen LogP contribution is 2.32. The third-order valence-corrected chi connectivity index (χ3v) is 2.25. The van der Waals surface area contributed by atoms with Crippen molar-refractivity contribution in [3.8, 4) is 0 Å². The van der Waals surface area contributed by atoms with Crippen LogP contribution in [0.4, 0.5) is 0 Å². The molecule has 0 amide bonds. The van der Waals surface area contributed by atoms with Gasteiger partial charge in [-0.25, -0.2) is 4.79 Å². The zero-order chi connectivity index (χ0) is 11.4.